The van der Waals surface area contributed by atoms with E-state index in [1.165, 1.54) is 0 Å². The van der Waals surface area contributed by atoms with Gasteiger partial charge in [0, 0.05) is 30.5 Å². The summed E-state index contributed by atoms with van der Waals surface area (Å²) in [5.41, 5.74) is 1.13. The van der Waals surface area contributed by atoms with Crippen LogP contribution in [0, 0.1) is 6.92 Å². The Hall–Kier alpha value is -2.06. The Morgan fingerprint density at radius 2 is 2.16 bits per heavy atom. The molecule has 0 atom stereocenters. The maximum absolute atomic E-state index is 12.2. The van der Waals surface area contributed by atoms with Gasteiger partial charge in [-0.05, 0) is 31.0 Å². The third-order valence-corrected chi connectivity index (χ3v) is 4.96. The Morgan fingerprint density at radius 1 is 1.40 bits per heavy atom. The number of sulfonamides is 1. The van der Waals surface area contributed by atoms with E-state index in [1.54, 1.807) is 37.6 Å². The van der Waals surface area contributed by atoms with Crippen LogP contribution in [0.25, 0.3) is 0 Å². The van der Waals surface area contributed by atoms with Gasteiger partial charge in [-0.15, -0.1) is 0 Å². The first-order valence-corrected chi connectivity index (χ1v) is 9.96. The Bertz CT molecular complexity index is 822. The second-order valence-corrected chi connectivity index (χ2v) is 8.05. The number of hydrogen-bond donors (Lipinski definition) is 1. The van der Waals surface area contributed by atoms with Crippen LogP contribution in [0.15, 0.2) is 36.9 Å². The molecule has 9 heteroatoms. The molecule has 1 aromatic heterocycles. The van der Waals surface area contributed by atoms with Gasteiger partial charge in [0.25, 0.3) is 0 Å². The van der Waals surface area contributed by atoms with Crippen molar-refractivity contribution in [3.05, 3.63) is 47.5 Å². The van der Waals surface area contributed by atoms with Crippen molar-refractivity contribution in [2.45, 2.75) is 19.9 Å². The first-order chi connectivity index (χ1) is 11.8. The third kappa shape index (κ3) is 5.75. The molecule has 0 saturated carbocycles. The Balaban J connectivity index is 1.97. The highest BCUT2D eigenvalue weighted by molar-refractivity contribution is 7.92. The summed E-state index contributed by atoms with van der Waals surface area (Å²) in [6.45, 7) is 2.66. The van der Waals surface area contributed by atoms with E-state index in [1.807, 2.05) is 10.8 Å². The van der Waals surface area contributed by atoms with Crippen LogP contribution in [-0.2, 0) is 21.4 Å². The fraction of sp³-hybridized carbons (Fsp3) is 0.375. The summed E-state index contributed by atoms with van der Waals surface area (Å²) in [6.07, 6.45) is 7.02. The lowest BCUT2D eigenvalue weighted by molar-refractivity contribution is -0.119. The molecule has 0 fully saturated rings. The van der Waals surface area contributed by atoms with Crippen LogP contribution in [0.3, 0.4) is 0 Å². The van der Waals surface area contributed by atoms with E-state index in [0.29, 0.717) is 17.3 Å². The van der Waals surface area contributed by atoms with Crippen molar-refractivity contribution >= 4 is 33.2 Å². The number of aryl methyl sites for hydroxylation is 2. The Kier molecular flexibility index (Phi) is 6.44. The molecule has 25 heavy (non-hydrogen) atoms. The summed E-state index contributed by atoms with van der Waals surface area (Å²) in [6, 6.07) is 4.94. The zero-order valence-corrected chi connectivity index (χ0v) is 15.7. The molecule has 1 heterocycles. The van der Waals surface area contributed by atoms with Gasteiger partial charge in [0.15, 0.2) is 0 Å². The number of hydrogen-bond acceptors (Lipinski definition) is 4. The van der Waals surface area contributed by atoms with Crippen LogP contribution >= 0.6 is 11.6 Å². The van der Waals surface area contributed by atoms with Crippen molar-refractivity contribution < 1.29 is 13.2 Å². The van der Waals surface area contributed by atoms with E-state index < -0.39 is 10.0 Å². The Labute approximate surface area is 152 Å². The summed E-state index contributed by atoms with van der Waals surface area (Å²) >= 11 is 5.97. The second-order valence-electron chi connectivity index (χ2n) is 5.70. The molecule has 1 aromatic carbocycles. The highest BCUT2D eigenvalue weighted by atomic mass is 35.5. The summed E-state index contributed by atoms with van der Waals surface area (Å²) in [5, 5.41) is 3.15. The topological polar surface area (TPSA) is 84.3 Å². The normalized spacial score (nSPS) is 11.3. The van der Waals surface area contributed by atoms with Crippen LogP contribution in [-0.4, -0.2) is 43.2 Å². The fourth-order valence-electron chi connectivity index (χ4n) is 2.33. The quantitative estimate of drug-likeness (QED) is 0.703. The lowest BCUT2D eigenvalue weighted by atomic mass is 10.2. The van der Waals surface area contributed by atoms with Crippen LogP contribution in [0.5, 0.6) is 0 Å². The minimum atomic E-state index is -3.62. The molecule has 0 spiro atoms. The van der Waals surface area contributed by atoms with Gasteiger partial charge in [-0.2, -0.15) is 0 Å². The number of benzene rings is 1. The van der Waals surface area contributed by atoms with E-state index in [2.05, 4.69) is 10.3 Å². The number of carbonyl (C=O) groups excluding carboxylic acids is 1. The van der Waals surface area contributed by atoms with Crippen molar-refractivity contribution in [3.63, 3.8) is 0 Å². The van der Waals surface area contributed by atoms with E-state index in [-0.39, 0.29) is 12.5 Å². The zero-order chi connectivity index (χ0) is 18.4. The largest absolute Gasteiger partial charge is 0.354 e. The van der Waals surface area contributed by atoms with Crippen LogP contribution in [0.1, 0.15) is 12.0 Å². The van der Waals surface area contributed by atoms with Gasteiger partial charge in [-0.1, -0.05) is 17.7 Å². The molecule has 2 aromatic rings. The number of aromatic nitrogens is 2. The molecule has 0 unspecified atom stereocenters. The molecule has 0 aliphatic heterocycles. The number of imidazole rings is 1. The standard InChI is InChI=1S/C16H21ClN4O3S/c1-13-4-5-14(17)10-15(13)21(25(2,23)24)11-16(22)19-6-3-8-20-9-7-18-12-20/h4-5,7,9-10,12H,3,6,8,11H2,1-2H3,(H,19,22). The van der Waals surface area contributed by atoms with Gasteiger partial charge < -0.3 is 9.88 Å². The monoisotopic (exact) mass is 384 g/mol. The second kappa shape index (κ2) is 8.35. The van der Waals surface area contributed by atoms with Crippen LogP contribution in [0.2, 0.25) is 5.02 Å². The summed E-state index contributed by atoms with van der Waals surface area (Å²) in [4.78, 5) is 16.1. The average Bonchev–Trinajstić information content (AvgIpc) is 3.04. The van der Waals surface area contributed by atoms with Crippen molar-refractivity contribution in [2.24, 2.45) is 0 Å². The zero-order valence-electron chi connectivity index (χ0n) is 14.1. The first-order valence-electron chi connectivity index (χ1n) is 7.73. The van der Waals surface area contributed by atoms with E-state index in [0.717, 1.165) is 29.1 Å². The number of amides is 1. The highest BCUT2D eigenvalue weighted by Crippen LogP contribution is 2.26. The molecule has 0 aliphatic rings. The van der Waals surface area contributed by atoms with Gasteiger partial charge >= 0.3 is 0 Å². The smallest absolute Gasteiger partial charge is 0.240 e. The molecule has 0 saturated heterocycles. The van der Waals surface area contributed by atoms with Gasteiger partial charge in [-0.25, -0.2) is 13.4 Å². The van der Waals surface area contributed by atoms with Crippen molar-refractivity contribution in [1.82, 2.24) is 14.9 Å². The Morgan fingerprint density at radius 3 is 2.80 bits per heavy atom. The minimum absolute atomic E-state index is 0.287. The van der Waals surface area contributed by atoms with Gasteiger partial charge in [0.2, 0.25) is 15.9 Å². The molecule has 0 bridgehead atoms. The number of carbonyl (C=O) groups is 1. The van der Waals surface area contributed by atoms with E-state index >= 15 is 0 Å². The molecular formula is C16H21ClN4O3S. The predicted molar refractivity (Wildman–Crippen MR) is 98.2 cm³/mol. The number of nitrogens with one attached hydrogen (secondary N) is 1. The molecule has 136 valence electrons. The van der Waals surface area contributed by atoms with Crippen LogP contribution < -0.4 is 9.62 Å². The minimum Gasteiger partial charge on any atom is -0.354 e. The average molecular weight is 385 g/mol. The molecule has 7 nitrogen and oxygen atoms in total. The molecule has 1 amide bonds. The van der Waals surface area contributed by atoms with E-state index in [4.69, 9.17) is 11.6 Å². The number of nitrogens with zero attached hydrogens (tertiary/aromatic N) is 3. The van der Waals surface area contributed by atoms with Crippen molar-refractivity contribution in [3.8, 4) is 0 Å². The van der Waals surface area contributed by atoms with E-state index in [9.17, 15) is 13.2 Å². The van der Waals surface area contributed by atoms with Gasteiger partial charge in [0.05, 0.1) is 18.3 Å². The van der Waals surface area contributed by atoms with Crippen LogP contribution in [0.4, 0.5) is 5.69 Å². The number of anilines is 1. The third-order valence-electron chi connectivity index (χ3n) is 3.60. The van der Waals surface area contributed by atoms with Gasteiger partial charge in [-0.3, -0.25) is 9.10 Å². The molecule has 0 radical (unpaired) electrons. The number of rotatable bonds is 8. The van der Waals surface area contributed by atoms with Gasteiger partial charge in [0.1, 0.15) is 6.54 Å². The number of halogens is 1. The predicted octanol–water partition coefficient (Wildman–Crippen LogP) is 1.82. The molecule has 1 N–H and O–H groups in total. The first kappa shape index (κ1) is 19.3. The summed E-state index contributed by atoms with van der Waals surface area (Å²) in [5.74, 6) is -0.365. The highest BCUT2D eigenvalue weighted by Gasteiger charge is 2.22. The molecular weight excluding hydrogens is 364 g/mol. The molecule has 2 rings (SSSR count). The molecule has 0 aliphatic carbocycles. The fourth-order valence-corrected chi connectivity index (χ4v) is 3.40. The maximum Gasteiger partial charge on any atom is 0.240 e. The summed E-state index contributed by atoms with van der Waals surface area (Å²) in [7, 11) is -3.62. The summed E-state index contributed by atoms with van der Waals surface area (Å²) < 4.78 is 27.2. The van der Waals surface area contributed by atoms with Crippen molar-refractivity contribution in [2.75, 3.05) is 23.7 Å². The lowest BCUT2D eigenvalue weighted by Crippen LogP contribution is -2.41. The van der Waals surface area contributed by atoms with Crippen molar-refractivity contribution in [1.29, 1.82) is 0 Å². The lowest BCUT2D eigenvalue weighted by Gasteiger charge is -2.23. The maximum atomic E-state index is 12.2. The SMILES string of the molecule is Cc1ccc(Cl)cc1N(CC(=O)NCCCn1ccnc1)S(C)(=O)=O.